The second-order valence-electron chi connectivity index (χ2n) is 4.42. The summed E-state index contributed by atoms with van der Waals surface area (Å²) in [4.78, 5) is 0. The molecule has 80 valence electrons. The van der Waals surface area contributed by atoms with Gasteiger partial charge in [0.1, 0.15) is 0 Å². The monoisotopic (exact) mass is 187 g/mol. The van der Waals surface area contributed by atoms with Gasteiger partial charge in [-0.15, -0.1) is 0 Å². The van der Waals surface area contributed by atoms with Gasteiger partial charge in [0.2, 0.25) is 0 Å². The summed E-state index contributed by atoms with van der Waals surface area (Å²) >= 11 is 0. The van der Waals surface area contributed by atoms with Crippen molar-refractivity contribution in [3.8, 4) is 0 Å². The van der Waals surface area contributed by atoms with E-state index in [0.717, 1.165) is 19.3 Å². The Hall–Kier alpha value is -0.0800. The van der Waals surface area contributed by atoms with Gasteiger partial charge in [-0.25, -0.2) is 0 Å². The Kier molecular flexibility index (Phi) is 5.57. The van der Waals surface area contributed by atoms with Gasteiger partial charge in [-0.05, 0) is 18.8 Å². The van der Waals surface area contributed by atoms with Crippen molar-refractivity contribution >= 4 is 0 Å². The third-order valence-corrected chi connectivity index (χ3v) is 3.27. The van der Waals surface area contributed by atoms with Crippen LogP contribution in [0.2, 0.25) is 0 Å². The van der Waals surface area contributed by atoms with Crippen molar-refractivity contribution in [1.29, 1.82) is 0 Å². The van der Waals surface area contributed by atoms with E-state index >= 15 is 0 Å². The molecule has 3 atom stereocenters. The van der Waals surface area contributed by atoms with E-state index in [0.29, 0.717) is 12.5 Å². The fourth-order valence-electron chi connectivity index (χ4n) is 1.77. The Balaban J connectivity index is 4.27. The number of aliphatic hydroxyl groups is 1. The van der Waals surface area contributed by atoms with Gasteiger partial charge in [0.25, 0.3) is 0 Å². The highest BCUT2D eigenvalue weighted by atomic mass is 16.3. The van der Waals surface area contributed by atoms with Gasteiger partial charge in [-0.3, -0.25) is 0 Å². The molecule has 0 aromatic heterocycles. The Morgan fingerprint density at radius 2 is 1.92 bits per heavy atom. The number of rotatable bonds is 6. The first-order chi connectivity index (χ1) is 6.01. The van der Waals surface area contributed by atoms with Crippen molar-refractivity contribution in [2.45, 2.75) is 53.1 Å². The molecule has 0 aliphatic carbocycles. The number of hydrogen-bond donors (Lipinski definition) is 2. The first kappa shape index (κ1) is 12.9. The predicted octanol–water partition coefficient (Wildman–Crippen LogP) is 2.16. The fraction of sp³-hybridized carbons (Fsp3) is 1.00. The molecule has 0 aromatic rings. The summed E-state index contributed by atoms with van der Waals surface area (Å²) in [5.41, 5.74) is 5.59. The van der Waals surface area contributed by atoms with E-state index in [9.17, 15) is 5.11 Å². The molecular formula is C11H25NO. The molecule has 0 heterocycles. The molecule has 0 bridgehead atoms. The molecule has 0 radical (unpaired) electrons. The van der Waals surface area contributed by atoms with Crippen molar-refractivity contribution in [2.24, 2.45) is 17.1 Å². The third-order valence-electron chi connectivity index (χ3n) is 3.27. The van der Waals surface area contributed by atoms with Crippen LogP contribution < -0.4 is 5.73 Å². The quantitative estimate of drug-likeness (QED) is 0.669. The largest absolute Gasteiger partial charge is 0.392 e. The van der Waals surface area contributed by atoms with Gasteiger partial charge >= 0.3 is 0 Å². The zero-order valence-electron chi connectivity index (χ0n) is 9.51. The number of aliphatic hydroxyl groups excluding tert-OH is 1. The lowest BCUT2D eigenvalue weighted by Crippen LogP contribution is -2.42. The molecule has 2 nitrogen and oxygen atoms in total. The van der Waals surface area contributed by atoms with Gasteiger partial charge in [-0.2, -0.15) is 0 Å². The molecule has 2 heteroatoms. The summed E-state index contributed by atoms with van der Waals surface area (Å²) in [5.74, 6) is 0.360. The van der Waals surface area contributed by atoms with Crippen molar-refractivity contribution in [3.05, 3.63) is 0 Å². The van der Waals surface area contributed by atoms with Crippen LogP contribution in [0.3, 0.4) is 0 Å². The van der Waals surface area contributed by atoms with E-state index in [1.54, 1.807) is 0 Å². The first-order valence-electron chi connectivity index (χ1n) is 5.40. The molecule has 0 saturated heterocycles. The van der Waals surface area contributed by atoms with Crippen LogP contribution in [-0.2, 0) is 0 Å². The zero-order chi connectivity index (χ0) is 10.5. The zero-order valence-corrected chi connectivity index (χ0v) is 9.51. The van der Waals surface area contributed by atoms with Gasteiger partial charge in [-0.1, -0.05) is 34.1 Å². The molecule has 0 rings (SSSR count). The molecule has 3 N–H and O–H groups in total. The van der Waals surface area contributed by atoms with Crippen LogP contribution in [0.4, 0.5) is 0 Å². The van der Waals surface area contributed by atoms with Crippen LogP contribution in [0.1, 0.15) is 47.0 Å². The third kappa shape index (κ3) is 3.28. The number of hydrogen-bond acceptors (Lipinski definition) is 2. The molecule has 3 unspecified atom stereocenters. The Bertz CT molecular complexity index is 132. The summed E-state index contributed by atoms with van der Waals surface area (Å²) in [6, 6.07) is 0. The maximum absolute atomic E-state index is 10.1. The van der Waals surface area contributed by atoms with E-state index in [2.05, 4.69) is 27.7 Å². The topological polar surface area (TPSA) is 46.2 Å². The molecule has 0 saturated carbocycles. The van der Waals surface area contributed by atoms with Gasteiger partial charge in [0.15, 0.2) is 0 Å². The van der Waals surface area contributed by atoms with E-state index in [1.165, 1.54) is 0 Å². The van der Waals surface area contributed by atoms with E-state index < -0.39 is 0 Å². The lowest BCUT2D eigenvalue weighted by Gasteiger charge is -2.36. The minimum atomic E-state index is -0.262. The minimum Gasteiger partial charge on any atom is -0.392 e. The van der Waals surface area contributed by atoms with Gasteiger partial charge in [0.05, 0.1) is 6.10 Å². The summed E-state index contributed by atoms with van der Waals surface area (Å²) in [6.07, 6.45) is 2.89. The summed E-state index contributed by atoms with van der Waals surface area (Å²) in [6.45, 7) is 8.99. The van der Waals surface area contributed by atoms with Gasteiger partial charge in [0, 0.05) is 12.0 Å². The highest BCUT2D eigenvalue weighted by Crippen LogP contribution is 2.30. The second-order valence-corrected chi connectivity index (χ2v) is 4.42. The maximum atomic E-state index is 10.1. The predicted molar refractivity (Wildman–Crippen MR) is 57.5 cm³/mol. The van der Waals surface area contributed by atoms with Crippen LogP contribution in [0, 0.1) is 11.3 Å². The summed E-state index contributed by atoms with van der Waals surface area (Å²) in [7, 11) is 0. The lowest BCUT2D eigenvalue weighted by atomic mass is 9.75. The van der Waals surface area contributed by atoms with Crippen LogP contribution in [0.25, 0.3) is 0 Å². The summed E-state index contributed by atoms with van der Waals surface area (Å²) in [5, 5.41) is 10.1. The molecule has 0 aromatic carbocycles. The van der Waals surface area contributed by atoms with Crippen LogP contribution >= 0.6 is 0 Å². The highest BCUT2D eigenvalue weighted by Gasteiger charge is 2.32. The standard InChI is InChI=1S/C11H25NO/c1-5-7-9(3)10(13)11(4,6-2)8-12/h9-10,13H,5-8,12H2,1-4H3. The van der Waals surface area contributed by atoms with Crippen molar-refractivity contribution < 1.29 is 5.11 Å². The summed E-state index contributed by atoms with van der Waals surface area (Å²) < 4.78 is 0. The Morgan fingerprint density at radius 3 is 2.23 bits per heavy atom. The molecule has 0 fully saturated rings. The molecule has 0 spiro atoms. The van der Waals surface area contributed by atoms with Crippen molar-refractivity contribution in [2.75, 3.05) is 6.54 Å². The molecular weight excluding hydrogens is 162 g/mol. The van der Waals surface area contributed by atoms with Crippen molar-refractivity contribution in [3.63, 3.8) is 0 Å². The Morgan fingerprint density at radius 1 is 1.38 bits per heavy atom. The average molecular weight is 187 g/mol. The van der Waals surface area contributed by atoms with E-state index in [1.807, 2.05) is 0 Å². The van der Waals surface area contributed by atoms with Crippen LogP contribution in [0.15, 0.2) is 0 Å². The van der Waals surface area contributed by atoms with E-state index in [-0.39, 0.29) is 11.5 Å². The molecule has 0 amide bonds. The molecule has 13 heavy (non-hydrogen) atoms. The number of nitrogens with two attached hydrogens (primary N) is 1. The molecule has 0 aliphatic rings. The lowest BCUT2D eigenvalue weighted by molar-refractivity contribution is -0.00372. The normalized spacial score (nSPS) is 20.8. The molecule has 0 aliphatic heterocycles. The Labute approximate surface area is 82.5 Å². The van der Waals surface area contributed by atoms with Crippen LogP contribution in [-0.4, -0.2) is 17.8 Å². The minimum absolute atomic E-state index is 0.103. The van der Waals surface area contributed by atoms with Crippen molar-refractivity contribution in [1.82, 2.24) is 0 Å². The second kappa shape index (κ2) is 5.61. The highest BCUT2D eigenvalue weighted by molar-refractivity contribution is 4.84. The first-order valence-corrected chi connectivity index (χ1v) is 5.40. The smallest absolute Gasteiger partial charge is 0.0631 e. The van der Waals surface area contributed by atoms with Gasteiger partial charge < -0.3 is 10.8 Å². The average Bonchev–Trinajstić information content (AvgIpc) is 2.16. The maximum Gasteiger partial charge on any atom is 0.0631 e. The fourth-order valence-corrected chi connectivity index (χ4v) is 1.77. The SMILES string of the molecule is CCCC(C)C(O)C(C)(CC)CN. The van der Waals surface area contributed by atoms with E-state index in [4.69, 9.17) is 5.73 Å². The van der Waals surface area contributed by atoms with Crippen LogP contribution in [0.5, 0.6) is 0 Å².